The number of ether oxygens (including phenoxy) is 1. The quantitative estimate of drug-likeness (QED) is 0.150. The molecular formula is C24H17Br2N3O4. The van der Waals surface area contributed by atoms with E-state index in [1.165, 1.54) is 18.2 Å². The average molecular weight is 571 g/mol. The van der Waals surface area contributed by atoms with Crippen LogP contribution in [0.5, 0.6) is 5.75 Å². The van der Waals surface area contributed by atoms with Crippen LogP contribution in [0.3, 0.4) is 0 Å². The van der Waals surface area contributed by atoms with E-state index in [9.17, 15) is 20.2 Å². The molecule has 0 aliphatic heterocycles. The summed E-state index contributed by atoms with van der Waals surface area (Å²) in [7, 11) is 0. The molecule has 0 fully saturated rings. The van der Waals surface area contributed by atoms with Gasteiger partial charge in [-0.15, -0.1) is 0 Å². The summed E-state index contributed by atoms with van der Waals surface area (Å²) in [5, 5.41) is 23.2. The number of non-ortho nitro benzene ring substituents is 1. The Morgan fingerprint density at radius 1 is 1.18 bits per heavy atom. The van der Waals surface area contributed by atoms with Crippen LogP contribution >= 0.6 is 31.9 Å². The lowest BCUT2D eigenvalue weighted by Crippen LogP contribution is -2.14. The number of anilines is 1. The first-order valence-electron chi connectivity index (χ1n) is 9.62. The first-order chi connectivity index (χ1) is 15.8. The van der Waals surface area contributed by atoms with Gasteiger partial charge in [-0.2, -0.15) is 5.26 Å². The Kier molecular flexibility index (Phi) is 7.98. The van der Waals surface area contributed by atoms with E-state index in [0.717, 1.165) is 15.6 Å². The molecule has 33 heavy (non-hydrogen) atoms. The minimum Gasteiger partial charge on any atom is -0.487 e. The van der Waals surface area contributed by atoms with Gasteiger partial charge in [-0.3, -0.25) is 14.9 Å². The minimum absolute atomic E-state index is 0.00878. The maximum absolute atomic E-state index is 12.7. The molecule has 9 heteroatoms. The molecule has 3 rings (SSSR count). The number of carbonyl (C=O) groups excluding carboxylic acids is 1. The van der Waals surface area contributed by atoms with Gasteiger partial charge >= 0.3 is 0 Å². The van der Waals surface area contributed by atoms with Gasteiger partial charge in [0.1, 0.15) is 24.0 Å². The van der Waals surface area contributed by atoms with E-state index >= 15 is 0 Å². The van der Waals surface area contributed by atoms with E-state index < -0.39 is 10.8 Å². The summed E-state index contributed by atoms with van der Waals surface area (Å²) >= 11 is 6.87. The van der Waals surface area contributed by atoms with Crippen LogP contribution in [0.25, 0.3) is 6.08 Å². The van der Waals surface area contributed by atoms with Gasteiger partial charge in [0, 0.05) is 27.9 Å². The third kappa shape index (κ3) is 6.28. The SMILES string of the molecule is Cc1ccccc1NC(=O)/C(C#N)=C/c1cc(Br)cc(Br)c1OCc1ccc([N+](=O)[O-])cc1. The van der Waals surface area contributed by atoms with E-state index in [-0.39, 0.29) is 17.9 Å². The van der Waals surface area contributed by atoms with Gasteiger partial charge in [0.05, 0.1) is 9.40 Å². The fourth-order valence-corrected chi connectivity index (χ4v) is 4.29. The monoisotopic (exact) mass is 569 g/mol. The molecule has 0 heterocycles. The summed E-state index contributed by atoms with van der Waals surface area (Å²) in [5.41, 5.74) is 2.63. The predicted octanol–water partition coefficient (Wildman–Crippen LogP) is 6.55. The molecule has 0 aliphatic carbocycles. The Balaban J connectivity index is 1.87. The number of hydrogen-bond donors (Lipinski definition) is 1. The van der Waals surface area contributed by atoms with Crippen molar-refractivity contribution >= 4 is 55.2 Å². The van der Waals surface area contributed by atoms with E-state index in [0.29, 0.717) is 21.5 Å². The van der Waals surface area contributed by atoms with Crippen molar-refractivity contribution in [3.63, 3.8) is 0 Å². The minimum atomic E-state index is -0.538. The lowest BCUT2D eigenvalue weighted by atomic mass is 10.1. The Morgan fingerprint density at radius 2 is 1.88 bits per heavy atom. The number of rotatable bonds is 7. The molecule has 0 aromatic heterocycles. The predicted molar refractivity (Wildman–Crippen MR) is 133 cm³/mol. The number of carbonyl (C=O) groups is 1. The normalized spacial score (nSPS) is 10.9. The fraction of sp³-hybridized carbons (Fsp3) is 0.0833. The van der Waals surface area contributed by atoms with E-state index in [2.05, 4.69) is 37.2 Å². The molecule has 1 amide bonds. The van der Waals surface area contributed by atoms with Gasteiger partial charge in [0.25, 0.3) is 11.6 Å². The maximum Gasteiger partial charge on any atom is 0.269 e. The summed E-state index contributed by atoms with van der Waals surface area (Å²) in [4.78, 5) is 23.1. The molecule has 0 saturated heterocycles. The highest BCUT2D eigenvalue weighted by atomic mass is 79.9. The summed E-state index contributed by atoms with van der Waals surface area (Å²) in [5.74, 6) is -0.114. The van der Waals surface area contributed by atoms with Crippen LogP contribution in [-0.2, 0) is 11.4 Å². The Hall–Kier alpha value is -3.48. The number of nitrogens with one attached hydrogen (secondary N) is 1. The van der Waals surface area contributed by atoms with Gasteiger partial charge in [0.2, 0.25) is 0 Å². The first-order valence-corrected chi connectivity index (χ1v) is 11.2. The summed E-state index contributed by atoms with van der Waals surface area (Å²) in [6, 6.07) is 18.8. The highest BCUT2D eigenvalue weighted by Crippen LogP contribution is 2.35. The molecule has 0 saturated carbocycles. The van der Waals surface area contributed by atoms with Crippen LogP contribution in [0.15, 0.2) is 75.2 Å². The van der Waals surface area contributed by atoms with Gasteiger partial charge in [-0.25, -0.2) is 0 Å². The van der Waals surface area contributed by atoms with Gasteiger partial charge < -0.3 is 10.1 Å². The zero-order valence-electron chi connectivity index (χ0n) is 17.3. The molecule has 7 nitrogen and oxygen atoms in total. The number of halogens is 2. The van der Waals surface area contributed by atoms with Crippen molar-refractivity contribution in [3.05, 3.63) is 102 Å². The summed E-state index contributed by atoms with van der Waals surface area (Å²) in [6.07, 6.45) is 1.45. The van der Waals surface area contributed by atoms with Crippen molar-refractivity contribution in [2.75, 3.05) is 5.32 Å². The van der Waals surface area contributed by atoms with Crippen LogP contribution in [0.4, 0.5) is 11.4 Å². The molecule has 1 N–H and O–H groups in total. The second-order valence-electron chi connectivity index (χ2n) is 6.96. The largest absolute Gasteiger partial charge is 0.487 e. The van der Waals surface area contributed by atoms with Crippen molar-refractivity contribution in [1.82, 2.24) is 0 Å². The maximum atomic E-state index is 12.7. The van der Waals surface area contributed by atoms with Crippen LogP contribution in [0.2, 0.25) is 0 Å². The number of para-hydroxylation sites is 1. The Bertz CT molecular complexity index is 1280. The molecule has 3 aromatic carbocycles. The van der Waals surface area contributed by atoms with Crippen LogP contribution in [0.1, 0.15) is 16.7 Å². The Labute approximate surface area is 207 Å². The van der Waals surface area contributed by atoms with Gasteiger partial charge in [-0.1, -0.05) is 34.1 Å². The Morgan fingerprint density at radius 3 is 2.52 bits per heavy atom. The molecule has 0 aliphatic rings. The summed E-state index contributed by atoms with van der Waals surface area (Å²) < 4.78 is 7.28. The second kappa shape index (κ2) is 10.9. The molecule has 0 atom stereocenters. The lowest BCUT2D eigenvalue weighted by molar-refractivity contribution is -0.384. The molecule has 0 unspecified atom stereocenters. The third-order valence-corrected chi connectivity index (χ3v) is 5.67. The van der Waals surface area contributed by atoms with Gasteiger partial charge in [0.15, 0.2) is 0 Å². The first kappa shape index (κ1) is 24.2. The van der Waals surface area contributed by atoms with Crippen LogP contribution < -0.4 is 10.1 Å². The van der Waals surface area contributed by atoms with Gasteiger partial charge in [-0.05, 0) is 70.4 Å². The molecule has 0 spiro atoms. The molecule has 3 aromatic rings. The summed E-state index contributed by atoms with van der Waals surface area (Å²) in [6.45, 7) is 2.00. The van der Waals surface area contributed by atoms with Crippen LogP contribution in [-0.4, -0.2) is 10.8 Å². The fourth-order valence-electron chi connectivity index (χ4n) is 2.92. The second-order valence-corrected chi connectivity index (χ2v) is 8.73. The number of amides is 1. The molecular weight excluding hydrogens is 554 g/mol. The highest BCUT2D eigenvalue weighted by molar-refractivity contribution is 9.11. The number of nitrogens with zero attached hydrogens (tertiary/aromatic N) is 2. The van der Waals surface area contributed by atoms with Crippen molar-refractivity contribution < 1.29 is 14.5 Å². The molecule has 0 bridgehead atoms. The number of benzene rings is 3. The number of nitriles is 1. The molecule has 166 valence electrons. The number of nitro benzene ring substituents is 1. The smallest absolute Gasteiger partial charge is 0.269 e. The van der Waals surface area contributed by atoms with Crippen molar-refractivity contribution in [2.24, 2.45) is 0 Å². The average Bonchev–Trinajstić information content (AvgIpc) is 2.78. The topological polar surface area (TPSA) is 105 Å². The lowest BCUT2D eigenvalue weighted by Gasteiger charge is -2.13. The van der Waals surface area contributed by atoms with E-state index in [1.807, 2.05) is 25.1 Å². The number of aryl methyl sites for hydroxylation is 1. The van der Waals surface area contributed by atoms with Crippen molar-refractivity contribution in [2.45, 2.75) is 13.5 Å². The van der Waals surface area contributed by atoms with E-state index in [4.69, 9.17) is 4.74 Å². The van der Waals surface area contributed by atoms with Crippen molar-refractivity contribution in [3.8, 4) is 11.8 Å². The molecule has 0 radical (unpaired) electrons. The number of hydrogen-bond acceptors (Lipinski definition) is 5. The zero-order valence-corrected chi connectivity index (χ0v) is 20.5. The van der Waals surface area contributed by atoms with Crippen LogP contribution in [0, 0.1) is 28.4 Å². The zero-order chi connectivity index (χ0) is 24.0. The standard InChI is InChI=1S/C24H17Br2N3O4/c1-15-4-2-3-5-22(15)28-24(30)18(13-27)10-17-11-19(25)12-21(26)23(17)33-14-16-6-8-20(9-7-16)29(31)32/h2-12H,14H2,1H3,(H,28,30)/b18-10+. The third-order valence-electron chi connectivity index (χ3n) is 4.63. The van der Waals surface area contributed by atoms with E-state index in [1.54, 1.807) is 36.4 Å². The van der Waals surface area contributed by atoms with Crippen molar-refractivity contribution in [1.29, 1.82) is 5.26 Å². The number of nitro groups is 1. The highest BCUT2D eigenvalue weighted by Gasteiger charge is 2.15.